The summed E-state index contributed by atoms with van der Waals surface area (Å²) < 4.78 is 7.46. The fourth-order valence-electron chi connectivity index (χ4n) is 4.14. The molecule has 1 saturated heterocycles. The molecule has 178 valence electrons. The minimum atomic E-state index is -0.162. The highest BCUT2D eigenvalue weighted by molar-refractivity contribution is 5.76. The molecular formula is C25H30N6O3. The van der Waals surface area contributed by atoms with Gasteiger partial charge in [0.1, 0.15) is 11.3 Å². The maximum Gasteiger partial charge on any atom is 0.275 e. The molecule has 1 aliphatic rings. The van der Waals surface area contributed by atoms with Crippen molar-refractivity contribution in [2.75, 3.05) is 13.1 Å². The Morgan fingerprint density at radius 2 is 1.85 bits per heavy atom. The van der Waals surface area contributed by atoms with Crippen LogP contribution >= 0.6 is 0 Å². The number of hydrogen-bond donors (Lipinski definition) is 1. The Morgan fingerprint density at radius 1 is 1.09 bits per heavy atom. The minimum Gasteiger partial charge on any atom is -0.420 e. The third-order valence-electron chi connectivity index (χ3n) is 5.91. The predicted molar refractivity (Wildman–Crippen MR) is 128 cm³/mol. The molecule has 1 aliphatic heterocycles. The van der Waals surface area contributed by atoms with Crippen LogP contribution in [0, 0.1) is 0 Å². The molecule has 0 radical (unpaired) electrons. The van der Waals surface area contributed by atoms with E-state index in [9.17, 15) is 9.59 Å². The van der Waals surface area contributed by atoms with Crippen molar-refractivity contribution >= 4 is 11.4 Å². The van der Waals surface area contributed by atoms with Gasteiger partial charge in [0.2, 0.25) is 17.7 Å². The van der Waals surface area contributed by atoms with Crippen LogP contribution in [0.3, 0.4) is 0 Å². The molecule has 1 fully saturated rings. The molecule has 0 spiro atoms. The topological polar surface area (TPSA) is 109 Å². The molecule has 0 aliphatic carbocycles. The van der Waals surface area contributed by atoms with Crippen LogP contribution in [0.2, 0.25) is 0 Å². The molecule has 9 heteroatoms. The van der Waals surface area contributed by atoms with Crippen LogP contribution in [-0.2, 0) is 11.2 Å². The van der Waals surface area contributed by atoms with Gasteiger partial charge < -0.3 is 14.3 Å². The molecule has 34 heavy (non-hydrogen) atoms. The van der Waals surface area contributed by atoms with Crippen LogP contribution in [0.5, 0.6) is 0 Å². The number of H-pyrrole nitrogens is 1. The first-order valence-electron chi connectivity index (χ1n) is 11.9. The lowest BCUT2D eigenvalue weighted by Crippen LogP contribution is -2.37. The normalized spacial score (nSPS) is 14.1. The summed E-state index contributed by atoms with van der Waals surface area (Å²) in [5, 5.41) is 12.8. The molecule has 4 aromatic rings. The zero-order valence-electron chi connectivity index (χ0n) is 19.6. The number of amides is 1. The average molecular weight is 463 g/mol. The largest absolute Gasteiger partial charge is 0.420 e. The number of aryl methyl sites for hydroxylation is 1. The van der Waals surface area contributed by atoms with Gasteiger partial charge in [-0.25, -0.2) is 4.52 Å². The Bertz CT molecular complexity index is 1270. The lowest BCUT2D eigenvalue weighted by molar-refractivity contribution is -0.132. The van der Waals surface area contributed by atoms with E-state index in [0.717, 1.165) is 18.4 Å². The summed E-state index contributed by atoms with van der Waals surface area (Å²) in [4.78, 5) is 29.4. The molecule has 1 N–H and O–H groups in total. The summed E-state index contributed by atoms with van der Waals surface area (Å²) in [7, 11) is 0. The fraction of sp³-hybridized carbons (Fsp3) is 0.400. The molecule has 1 amide bonds. The standard InChI is InChI=1S/C23H24N6O3.C2H6/c30-20(10-4-9-19-24-21(31)18-8-5-13-29(18)27-19)28-14-11-17(12-15-28)23-26-25-22(32-23)16-6-2-1-3-7-16;1-2/h1-3,5-8,13,17H,4,9-12,14-15H2,(H,24,27,31);1-2H3. The van der Waals surface area contributed by atoms with Crippen molar-refractivity contribution in [3.63, 3.8) is 0 Å². The second-order valence-corrected chi connectivity index (χ2v) is 8.06. The second-order valence-electron chi connectivity index (χ2n) is 8.06. The number of benzene rings is 1. The Hall–Kier alpha value is -3.75. The smallest absolute Gasteiger partial charge is 0.275 e. The van der Waals surface area contributed by atoms with Crippen LogP contribution in [0.1, 0.15) is 57.2 Å². The van der Waals surface area contributed by atoms with E-state index in [1.807, 2.05) is 49.1 Å². The fourth-order valence-corrected chi connectivity index (χ4v) is 4.14. The Balaban J connectivity index is 0.00000133. The van der Waals surface area contributed by atoms with Gasteiger partial charge >= 0.3 is 0 Å². The SMILES string of the molecule is CC.O=C(CCCc1nn2cccc2c(=O)[nH]1)N1CCC(c2nnc(-c3ccccc3)o2)CC1. The summed E-state index contributed by atoms with van der Waals surface area (Å²) in [5.41, 5.74) is 1.26. The summed E-state index contributed by atoms with van der Waals surface area (Å²) in [6.07, 6.45) is 4.98. The van der Waals surface area contributed by atoms with Crippen molar-refractivity contribution < 1.29 is 9.21 Å². The summed E-state index contributed by atoms with van der Waals surface area (Å²) in [5.74, 6) is 2.07. The summed E-state index contributed by atoms with van der Waals surface area (Å²) in [6.45, 7) is 5.36. The van der Waals surface area contributed by atoms with E-state index in [2.05, 4.69) is 20.3 Å². The number of nitrogens with zero attached hydrogens (tertiary/aromatic N) is 5. The second kappa shape index (κ2) is 10.9. The molecule has 5 rings (SSSR count). The number of carbonyl (C=O) groups excluding carboxylic acids is 1. The van der Waals surface area contributed by atoms with E-state index in [4.69, 9.17) is 4.42 Å². The van der Waals surface area contributed by atoms with Crippen molar-refractivity contribution in [3.05, 3.63) is 70.7 Å². The summed E-state index contributed by atoms with van der Waals surface area (Å²) in [6, 6.07) is 13.2. The Labute approximate surface area is 197 Å². The number of carbonyl (C=O) groups is 1. The van der Waals surface area contributed by atoms with Crippen molar-refractivity contribution in [2.24, 2.45) is 0 Å². The Morgan fingerprint density at radius 3 is 2.62 bits per heavy atom. The molecule has 0 unspecified atom stereocenters. The number of fused-ring (bicyclic) bond motifs is 1. The number of nitrogens with one attached hydrogen (secondary N) is 1. The van der Waals surface area contributed by atoms with Gasteiger partial charge in [-0.3, -0.25) is 9.59 Å². The predicted octanol–water partition coefficient (Wildman–Crippen LogP) is 3.83. The third-order valence-corrected chi connectivity index (χ3v) is 5.91. The zero-order chi connectivity index (χ0) is 23.9. The number of aromatic nitrogens is 5. The quantitative estimate of drug-likeness (QED) is 0.466. The first-order valence-corrected chi connectivity index (χ1v) is 11.9. The molecular weight excluding hydrogens is 432 g/mol. The van der Waals surface area contributed by atoms with Crippen molar-refractivity contribution in [3.8, 4) is 11.5 Å². The van der Waals surface area contributed by atoms with Crippen molar-refractivity contribution in [1.82, 2.24) is 29.7 Å². The van der Waals surface area contributed by atoms with Crippen LogP contribution in [-0.4, -0.2) is 48.7 Å². The number of hydrogen-bond acceptors (Lipinski definition) is 6. The van der Waals surface area contributed by atoms with Crippen molar-refractivity contribution in [2.45, 2.75) is 51.9 Å². The molecule has 9 nitrogen and oxygen atoms in total. The van der Waals surface area contributed by atoms with Gasteiger partial charge in [-0.1, -0.05) is 32.0 Å². The van der Waals surface area contributed by atoms with E-state index in [1.165, 1.54) is 0 Å². The molecule has 0 atom stereocenters. The van der Waals surface area contributed by atoms with E-state index < -0.39 is 0 Å². The zero-order valence-corrected chi connectivity index (χ0v) is 19.6. The molecule has 4 heterocycles. The molecule has 0 saturated carbocycles. The van der Waals surface area contributed by atoms with Gasteiger partial charge in [0, 0.05) is 43.6 Å². The first kappa shape index (κ1) is 23.4. The van der Waals surface area contributed by atoms with E-state index in [1.54, 1.807) is 22.8 Å². The van der Waals surface area contributed by atoms with Gasteiger partial charge in [-0.15, -0.1) is 10.2 Å². The van der Waals surface area contributed by atoms with E-state index in [0.29, 0.717) is 55.5 Å². The molecule has 0 bridgehead atoms. The van der Waals surface area contributed by atoms with Gasteiger partial charge in [0.05, 0.1) is 0 Å². The van der Waals surface area contributed by atoms with E-state index >= 15 is 0 Å². The highest BCUT2D eigenvalue weighted by Crippen LogP contribution is 2.29. The van der Waals surface area contributed by atoms with Crippen LogP contribution in [0.25, 0.3) is 17.0 Å². The molecule has 1 aromatic carbocycles. The van der Waals surface area contributed by atoms with Crippen LogP contribution in [0.4, 0.5) is 0 Å². The van der Waals surface area contributed by atoms with Gasteiger partial charge in [0.15, 0.2) is 0 Å². The average Bonchev–Trinajstić information content (AvgIpc) is 3.56. The number of rotatable bonds is 6. The van der Waals surface area contributed by atoms with Gasteiger partial charge in [0.25, 0.3) is 5.56 Å². The lowest BCUT2D eigenvalue weighted by Gasteiger charge is -2.30. The number of piperidine rings is 1. The van der Waals surface area contributed by atoms with Gasteiger partial charge in [-0.05, 0) is 43.5 Å². The highest BCUT2D eigenvalue weighted by atomic mass is 16.4. The van der Waals surface area contributed by atoms with Crippen molar-refractivity contribution in [1.29, 1.82) is 0 Å². The highest BCUT2D eigenvalue weighted by Gasteiger charge is 2.27. The minimum absolute atomic E-state index is 0.128. The van der Waals surface area contributed by atoms with Crippen LogP contribution < -0.4 is 5.56 Å². The first-order chi connectivity index (χ1) is 16.7. The van der Waals surface area contributed by atoms with E-state index in [-0.39, 0.29) is 17.4 Å². The number of aromatic amines is 1. The Kier molecular flexibility index (Phi) is 7.51. The van der Waals surface area contributed by atoms with Gasteiger partial charge in [-0.2, -0.15) is 5.10 Å². The number of likely N-dealkylation sites (tertiary alicyclic amines) is 1. The third kappa shape index (κ3) is 5.24. The molecule has 3 aromatic heterocycles. The maximum atomic E-state index is 12.6. The monoisotopic (exact) mass is 462 g/mol. The maximum absolute atomic E-state index is 12.6. The van der Waals surface area contributed by atoms with Crippen LogP contribution in [0.15, 0.2) is 57.9 Å². The lowest BCUT2D eigenvalue weighted by atomic mass is 9.96. The summed E-state index contributed by atoms with van der Waals surface area (Å²) >= 11 is 0.